The molecule has 7 heteroatoms. The van der Waals surface area contributed by atoms with Crippen molar-refractivity contribution in [1.82, 2.24) is 4.31 Å². The summed E-state index contributed by atoms with van der Waals surface area (Å²) in [6.45, 7) is 1.83. The Labute approximate surface area is 151 Å². The number of nitrogens with one attached hydrogen (secondary N) is 1. The quantitative estimate of drug-likeness (QED) is 0.757. The molecule has 0 radical (unpaired) electrons. The van der Waals surface area contributed by atoms with Crippen molar-refractivity contribution in [2.24, 2.45) is 0 Å². The van der Waals surface area contributed by atoms with Crippen LogP contribution in [0.2, 0.25) is 0 Å². The molecular weight excluding hydrogens is 356 g/mol. The van der Waals surface area contributed by atoms with Gasteiger partial charge in [0.2, 0.25) is 10.0 Å². The molecule has 0 saturated heterocycles. The van der Waals surface area contributed by atoms with Crippen molar-refractivity contribution in [2.45, 2.75) is 11.8 Å². The van der Waals surface area contributed by atoms with Crippen LogP contribution in [0.1, 0.15) is 15.2 Å². The van der Waals surface area contributed by atoms with Gasteiger partial charge in [-0.2, -0.15) is 0 Å². The molecule has 0 atom stereocenters. The first kappa shape index (κ1) is 17.6. The van der Waals surface area contributed by atoms with Crippen LogP contribution in [-0.2, 0) is 10.0 Å². The summed E-state index contributed by atoms with van der Waals surface area (Å²) < 4.78 is 26.8. The van der Waals surface area contributed by atoms with Crippen LogP contribution in [0.5, 0.6) is 0 Å². The molecule has 0 aliphatic rings. The standard InChI is InChI=1S/C18H18N2O3S2/c1-12-8-9-14(25(22,23)20(2)3)11-15(12)19-18(21)17-10-13-6-4-5-7-16(13)24-17/h4-11H,1-3H3,(H,19,21). The molecule has 5 nitrogen and oxygen atoms in total. The Kier molecular flexibility index (Phi) is 4.64. The number of rotatable bonds is 4. The molecule has 130 valence electrons. The number of hydrogen-bond acceptors (Lipinski definition) is 4. The summed E-state index contributed by atoms with van der Waals surface area (Å²) in [5.74, 6) is -0.247. The molecule has 25 heavy (non-hydrogen) atoms. The van der Waals surface area contributed by atoms with E-state index in [1.165, 1.54) is 31.5 Å². The average molecular weight is 374 g/mol. The van der Waals surface area contributed by atoms with E-state index in [9.17, 15) is 13.2 Å². The number of benzene rings is 2. The van der Waals surface area contributed by atoms with Gasteiger partial charge in [0.15, 0.2) is 0 Å². The second-order valence-electron chi connectivity index (χ2n) is 5.87. The highest BCUT2D eigenvalue weighted by atomic mass is 32.2. The van der Waals surface area contributed by atoms with Crippen LogP contribution in [0, 0.1) is 6.92 Å². The fourth-order valence-corrected chi connectivity index (χ4v) is 4.27. The molecule has 2 aromatic carbocycles. The predicted octanol–water partition coefficient (Wildman–Crippen LogP) is 3.71. The maximum absolute atomic E-state index is 12.6. The maximum atomic E-state index is 12.6. The highest BCUT2D eigenvalue weighted by Crippen LogP contribution is 2.27. The van der Waals surface area contributed by atoms with Crippen LogP contribution in [0.15, 0.2) is 53.4 Å². The minimum atomic E-state index is -3.55. The fourth-order valence-electron chi connectivity index (χ4n) is 2.38. The summed E-state index contributed by atoms with van der Waals surface area (Å²) in [5, 5.41) is 3.84. The number of sulfonamides is 1. The minimum Gasteiger partial charge on any atom is -0.321 e. The van der Waals surface area contributed by atoms with Crippen molar-refractivity contribution < 1.29 is 13.2 Å². The van der Waals surface area contributed by atoms with E-state index >= 15 is 0 Å². The first-order valence-electron chi connectivity index (χ1n) is 7.62. The lowest BCUT2D eigenvalue weighted by molar-refractivity contribution is 0.103. The molecular formula is C18H18N2O3S2. The van der Waals surface area contributed by atoms with Gasteiger partial charge in [-0.15, -0.1) is 11.3 Å². The van der Waals surface area contributed by atoms with Crippen LogP contribution in [0.4, 0.5) is 5.69 Å². The fraction of sp³-hybridized carbons (Fsp3) is 0.167. The van der Waals surface area contributed by atoms with Crippen LogP contribution < -0.4 is 5.32 Å². The molecule has 0 saturated carbocycles. The molecule has 1 aromatic heterocycles. The van der Waals surface area contributed by atoms with Crippen LogP contribution >= 0.6 is 11.3 Å². The van der Waals surface area contributed by atoms with E-state index < -0.39 is 10.0 Å². The van der Waals surface area contributed by atoms with Crippen LogP contribution in [-0.4, -0.2) is 32.7 Å². The Hall–Kier alpha value is -2.22. The predicted molar refractivity (Wildman–Crippen MR) is 102 cm³/mol. The molecule has 1 amide bonds. The zero-order valence-electron chi connectivity index (χ0n) is 14.1. The van der Waals surface area contributed by atoms with Crippen molar-refractivity contribution in [3.63, 3.8) is 0 Å². The Morgan fingerprint density at radius 3 is 2.48 bits per heavy atom. The molecule has 1 heterocycles. The molecule has 0 bridgehead atoms. The lowest BCUT2D eigenvalue weighted by Gasteiger charge is -2.14. The molecule has 3 aromatic rings. The summed E-state index contributed by atoms with van der Waals surface area (Å²) in [4.78, 5) is 13.3. The number of anilines is 1. The molecule has 0 aliphatic carbocycles. The lowest BCUT2D eigenvalue weighted by Crippen LogP contribution is -2.22. The third-order valence-corrected chi connectivity index (χ3v) is 6.81. The molecule has 0 unspecified atom stereocenters. The van der Waals surface area contributed by atoms with Gasteiger partial charge in [-0.3, -0.25) is 4.79 Å². The third kappa shape index (κ3) is 3.44. The summed E-state index contributed by atoms with van der Waals surface area (Å²) in [7, 11) is -0.599. The number of amides is 1. The lowest BCUT2D eigenvalue weighted by atomic mass is 10.2. The van der Waals surface area contributed by atoms with Crippen molar-refractivity contribution in [3.8, 4) is 0 Å². The summed E-state index contributed by atoms with van der Waals surface area (Å²) >= 11 is 1.41. The zero-order chi connectivity index (χ0) is 18.2. The number of nitrogens with zero attached hydrogens (tertiary/aromatic N) is 1. The molecule has 0 aliphatic heterocycles. The van der Waals surface area contributed by atoms with Gasteiger partial charge in [-0.25, -0.2) is 12.7 Å². The first-order valence-corrected chi connectivity index (χ1v) is 9.88. The van der Waals surface area contributed by atoms with E-state index in [4.69, 9.17) is 0 Å². The highest BCUT2D eigenvalue weighted by molar-refractivity contribution is 7.89. The van der Waals surface area contributed by atoms with E-state index in [1.807, 2.05) is 37.3 Å². The van der Waals surface area contributed by atoms with E-state index in [1.54, 1.807) is 12.1 Å². The van der Waals surface area contributed by atoms with Gasteiger partial charge in [-0.1, -0.05) is 24.3 Å². The maximum Gasteiger partial charge on any atom is 0.265 e. The molecule has 1 N–H and O–H groups in total. The van der Waals surface area contributed by atoms with Crippen molar-refractivity contribution in [2.75, 3.05) is 19.4 Å². The minimum absolute atomic E-state index is 0.148. The summed E-state index contributed by atoms with van der Waals surface area (Å²) in [5.41, 5.74) is 1.29. The van der Waals surface area contributed by atoms with Gasteiger partial charge >= 0.3 is 0 Å². The van der Waals surface area contributed by atoms with E-state index in [-0.39, 0.29) is 10.8 Å². The average Bonchev–Trinajstić information content (AvgIpc) is 3.00. The topological polar surface area (TPSA) is 66.5 Å². The summed E-state index contributed by atoms with van der Waals surface area (Å²) in [6.07, 6.45) is 0. The Morgan fingerprint density at radius 2 is 1.80 bits per heavy atom. The second-order valence-corrected chi connectivity index (χ2v) is 9.10. The number of carbonyl (C=O) groups excluding carboxylic acids is 1. The number of thiophene rings is 1. The SMILES string of the molecule is Cc1ccc(S(=O)(=O)N(C)C)cc1NC(=O)c1cc2ccccc2s1. The summed E-state index contributed by atoms with van der Waals surface area (Å²) in [6, 6.07) is 14.3. The first-order chi connectivity index (χ1) is 11.8. The van der Waals surface area contributed by atoms with Gasteiger partial charge in [0.25, 0.3) is 5.91 Å². The smallest absolute Gasteiger partial charge is 0.265 e. The van der Waals surface area contributed by atoms with Gasteiger partial charge in [0.05, 0.1) is 9.77 Å². The van der Waals surface area contributed by atoms with Crippen LogP contribution in [0.25, 0.3) is 10.1 Å². The molecule has 3 rings (SSSR count). The monoisotopic (exact) mass is 374 g/mol. The normalized spacial score (nSPS) is 11.8. The Morgan fingerprint density at radius 1 is 1.08 bits per heavy atom. The highest BCUT2D eigenvalue weighted by Gasteiger charge is 2.19. The number of aryl methyl sites for hydroxylation is 1. The Balaban J connectivity index is 1.93. The number of carbonyl (C=O) groups is 1. The number of hydrogen-bond donors (Lipinski definition) is 1. The van der Waals surface area contributed by atoms with Crippen molar-refractivity contribution >= 4 is 43.0 Å². The zero-order valence-corrected chi connectivity index (χ0v) is 15.7. The van der Waals surface area contributed by atoms with E-state index in [0.717, 1.165) is 20.0 Å². The third-order valence-electron chi connectivity index (χ3n) is 3.89. The van der Waals surface area contributed by atoms with Gasteiger partial charge in [0, 0.05) is 24.5 Å². The number of fused-ring (bicyclic) bond motifs is 1. The Bertz CT molecular complexity index is 1020. The second kappa shape index (κ2) is 6.59. The van der Waals surface area contributed by atoms with E-state index in [0.29, 0.717) is 10.6 Å². The van der Waals surface area contributed by atoms with Crippen LogP contribution in [0.3, 0.4) is 0 Å². The molecule has 0 spiro atoms. The largest absolute Gasteiger partial charge is 0.321 e. The van der Waals surface area contributed by atoms with Gasteiger partial charge in [0.1, 0.15) is 0 Å². The van der Waals surface area contributed by atoms with Crippen molar-refractivity contribution in [1.29, 1.82) is 0 Å². The van der Waals surface area contributed by atoms with Gasteiger partial charge < -0.3 is 5.32 Å². The van der Waals surface area contributed by atoms with Gasteiger partial charge in [-0.05, 0) is 42.1 Å². The van der Waals surface area contributed by atoms with E-state index in [2.05, 4.69) is 5.32 Å². The van der Waals surface area contributed by atoms with Crippen molar-refractivity contribution in [3.05, 3.63) is 59.0 Å². The molecule has 0 fully saturated rings.